The van der Waals surface area contributed by atoms with Gasteiger partial charge in [0.25, 0.3) is 0 Å². The summed E-state index contributed by atoms with van der Waals surface area (Å²) in [5.41, 5.74) is 0. The molecule has 2 rings (SSSR count). The van der Waals surface area contributed by atoms with Crippen LogP contribution >= 0.6 is 27.3 Å². The summed E-state index contributed by atoms with van der Waals surface area (Å²) in [7, 11) is 0.148. The normalized spacial score (nSPS) is 20.3. The van der Waals surface area contributed by atoms with Crippen LogP contribution in [0.1, 0.15) is 22.5 Å². The molecule has 1 fully saturated rings. The van der Waals surface area contributed by atoms with Crippen molar-refractivity contribution in [1.29, 1.82) is 0 Å². The highest BCUT2D eigenvalue weighted by Crippen LogP contribution is 2.36. The predicted octanol–water partition coefficient (Wildman–Crippen LogP) is 1.92. The summed E-state index contributed by atoms with van der Waals surface area (Å²) < 4.78 is 27.4. The molecule has 1 aliphatic rings. The third-order valence-corrected chi connectivity index (χ3v) is 7.54. The lowest BCUT2D eigenvalue weighted by Gasteiger charge is -2.26. The fourth-order valence-electron chi connectivity index (χ4n) is 2.49. The molecule has 21 heavy (non-hydrogen) atoms. The van der Waals surface area contributed by atoms with E-state index in [2.05, 4.69) is 15.9 Å². The topological polar surface area (TPSA) is 77.9 Å². The van der Waals surface area contributed by atoms with E-state index in [9.17, 15) is 13.2 Å². The lowest BCUT2D eigenvalue weighted by molar-refractivity contribution is 0.0702. The number of halogens is 1. The fourth-order valence-corrected chi connectivity index (χ4v) is 6.53. The minimum absolute atomic E-state index is 0.0174. The van der Waals surface area contributed by atoms with Gasteiger partial charge in [-0.2, -0.15) is 4.31 Å². The molecule has 118 valence electrons. The van der Waals surface area contributed by atoms with Gasteiger partial charge >= 0.3 is 5.97 Å². The first kappa shape index (κ1) is 16.9. The fraction of sp³-hybridized carbons (Fsp3) is 0.583. The van der Waals surface area contributed by atoms with Crippen molar-refractivity contribution in [3.63, 3.8) is 0 Å². The van der Waals surface area contributed by atoms with Crippen LogP contribution in [0.4, 0.5) is 0 Å². The van der Waals surface area contributed by atoms with Gasteiger partial charge in [0.15, 0.2) is 0 Å². The van der Waals surface area contributed by atoms with Crippen LogP contribution in [-0.4, -0.2) is 61.9 Å². The van der Waals surface area contributed by atoms with E-state index in [1.54, 1.807) is 0 Å². The highest BCUT2D eigenvalue weighted by atomic mass is 79.9. The Kier molecular flexibility index (Phi) is 5.09. The van der Waals surface area contributed by atoms with Gasteiger partial charge in [-0.3, -0.25) is 0 Å². The lowest BCUT2D eigenvalue weighted by Crippen LogP contribution is -2.41. The Balaban J connectivity index is 2.35. The van der Waals surface area contributed by atoms with Crippen LogP contribution in [-0.2, 0) is 10.0 Å². The largest absolute Gasteiger partial charge is 0.477 e. The third kappa shape index (κ3) is 3.48. The highest BCUT2D eigenvalue weighted by molar-refractivity contribution is 9.11. The van der Waals surface area contributed by atoms with Crippen LogP contribution in [0.15, 0.2) is 14.7 Å². The van der Waals surface area contributed by atoms with Gasteiger partial charge in [-0.25, -0.2) is 13.2 Å². The van der Waals surface area contributed by atoms with Crippen molar-refractivity contribution in [1.82, 2.24) is 9.21 Å². The average molecular weight is 397 g/mol. The molecular formula is C12H17BrN2O4S2. The number of hydrogen-bond acceptors (Lipinski definition) is 5. The van der Waals surface area contributed by atoms with E-state index < -0.39 is 16.0 Å². The summed E-state index contributed by atoms with van der Waals surface area (Å²) >= 11 is 4.10. The Labute approximate surface area is 136 Å². The Morgan fingerprint density at radius 2 is 2.24 bits per heavy atom. The van der Waals surface area contributed by atoms with Crippen LogP contribution in [0.5, 0.6) is 0 Å². The maximum atomic E-state index is 12.8. The van der Waals surface area contributed by atoms with Gasteiger partial charge in [0.2, 0.25) is 10.0 Å². The van der Waals surface area contributed by atoms with Crippen LogP contribution < -0.4 is 0 Å². The molecule has 1 N–H and O–H groups in total. The molecule has 0 spiro atoms. The SMILES string of the molecule is CN(C)CC1CCCN1S(=O)(=O)c1cc(C(=O)O)sc1Br. The molecule has 9 heteroatoms. The summed E-state index contributed by atoms with van der Waals surface area (Å²) in [4.78, 5) is 13.0. The molecule has 0 amide bonds. The van der Waals surface area contributed by atoms with Crippen LogP contribution in [0.25, 0.3) is 0 Å². The first-order valence-corrected chi connectivity index (χ1v) is 9.47. The molecule has 0 aromatic carbocycles. The number of thiophene rings is 1. The molecule has 0 aliphatic carbocycles. The van der Waals surface area contributed by atoms with Crippen molar-refractivity contribution >= 4 is 43.3 Å². The van der Waals surface area contributed by atoms with Crippen molar-refractivity contribution in [2.24, 2.45) is 0 Å². The molecule has 0 radical (unpaired) electrons. The van der Waals surface area contributed by atoms with E-state index in [0.717, 1.165) is 24.2 Å². The number of carbonyl (C=O) groups is 1. The molecular weight excluding hydrogens is 380 g/mol. The number of rotatable bonds is 5. The smallest absolute Gasteiger partial charge is 0.345 e. The van der Waals surface area contributed by atoms with E-state index in [-0.39, 0.29) is 15.8 Å². The molecule has 1 aliphatic heterocycles. The molecule has 6 nitrogen and oxygen atoms in total. The molecule has 0 bridgehead atoms. The second-order valence-corrected chi connectivity index (χ2v) is 9.46. The van der Waals surface area contributed by atoms with Crippen molar-refractivity contribution < 1.29 is 18.3 Å². The molecule has 1 unspecified atom stereocenters. The molecule has 1 aromatic rings. The van der Waals surface area contributed by atoms with E-state index in [1.165, 1.54) is 10.4 Å². The summed E-state index contributed by atoms with van der Waals surface area (Å²) in [6.45, 7) is 1.14. The van der Waals surface area contributed by atoms with Gasteiger partial charge in [-0.1, -0.05) is 0 Å². The summed E-state index contributed by atoms with van der Waals surface area (Å²) in [5, 5.41) is 9.00. The van der Waals surface area contributed by atoms with Crippen LogP contribution in [0, 0.1) is 0 Å². The van der Waals surface area contributed by atoms with Gasteiger partial charge < -0.3 is 10.0 Å². The number of hydrogen-bond donors (Lipinski definition) is 1. The maximum absolute atomic E-state index is 12.8. The monoisotopic (exact) mass is 396 g/mol. The Morgan fingerprint density at radius 1 is 1.57 bits per heavy atom. The van der Waals surface area contributed by atoms with E-state index in [0.29, 0.717) is 16.9 Å². The van der Waals surface area contributed by atoms with Gasteiger partial charge in [-0.15, -0.1) is 11.3 Å². The number of nitrogens with zero attached hydrogens (tertiary/aromatic N) is 2. The Bertz CT molecular complexity index is 642. The van der Waals surface area contributed by atoms with Crippen molar-refractivity contribution in [3.05, 3.63) is 14.7 Å². The number of carboxylic acids is 1. The summed E-state index contributed by atoms with van der Waals surface area (Å²) in [6, 6.07) is 1.17. The van der Waals surface area contributed by atoms with E-state index in [4.69, 9.17) is 5.11 Å². The summed E-state index contributed by atoms with van der Waals surface area (Å²) in [5.74, 6) is -1.12. The Hall–Kier alpha value is -0.480. The zero-order chi connectivity index (χ0) is 15.8. The zero-order valence-electron chi connectivity index (χ0n) is 11.7. The standard InChI is InChI=1S/C12H17BrN2O4S2/c1-14(2)7-8-4-3-5-15(8)21(18,19)10-6-9(12(16)17)20-11(10)13/h6,8H,3-5,7H2,1-2H3,(H,16,17). The van der Waals surface area contributed by atoms with E-state index in [1.807, 2.05) is 19.0 Å². The second kappa shape index (κ2) is 6.33. The third-order valence-electron chi connectivity index (χ3n) is 3.35. The van der Waals surface area contributed by atoms with E-state index >= 15 is 0 Å². The predicted molar refractivity (Wildman–Crippen MR) is 84.4 cm³/mol. The number of carboxylic acid groups (broad SMARTS) is 1. The molecule has 1 aromatic heterocycles. The minimum atomic E-state index is -3.67. The molecule has 0 saturated carbocycles. The minimum Gasteiger partial charge on any atom is -0.477 e. The first-order valence-electron chi connectivity index (χ1n) is 6.42. The van der Waals surface area contributed by atoms with Gasteiger partial charge in [0.1, 0.15) is 9.77 Å². The maximum Gasteiger partial charge on any atom is 0.345 e. The Morgan fingerprint density at radius 3 is 2.76 bits per heavy atom. The van der Waals surface area contributed by atoms with Crippen LogP contribution in [0.2, 0.25) is 0 Å². The average Bonchev–Trinajstić information content (AvgIpc) is 2.95. The van der Waals surface area contributed by atoms with Gasteiger partial charge in [0.05, 0.1) is 3.79 Å². The molecule has 1 saturated heterocycles. The van der Waals surface area contributed by atoms with Crippen LogP contribution in [0.3, 0.4) is 0 Å². The van der Waals surface area contributed by atoms with Gasteiger partial charge in [-0.05, 0) is 48.9 Å². The zero-order valence-corrected chi connectivity index (χ0v) is 15.0. The number of aromatic carboxylic acids is 1. The second-order valence-electron chi connectivity index (χ2n) is 5.23. The summed E-state index contributed by atoms with van der Waals surface area (Å²) in [6.07, 6.45) is 1.65. The number of likely N-dealkylation sites (N-methyl/N-ethyl adjacent to an activating group) is 1. The highest BCUT2D eigenvalue weighted by Gasteiger charge is 2.37. The molecule has 1 atom stereocenters. The van der Waals surface area contributed by atoms with Crippen molar-refractivity contribution in [3.8, 4) is 0 Å². The van der Waals surface area contributed by atoms with Crippen molar-refractivity contribution in [2.45, 2.75) is 23.8 Å². The van der Waals surface area contributed by atoms with Gasteiger partial charge in [0, 0.05) is 19.1 Å². The molecule has 2 heterocycles. The van der Waals surface area contributed by atoms with Crippen molar-refractivity contribution in [2.75, 3.05) is 27.2 Å². The first-order chi connectivity index (χ1) is 9.73. The quantitative estimate of drug-likeness (QED) is 0.822. The lowest BCUT2D eigenvalue weighted by atomic mass is 10.2. The number of sulfonamides is 1.